The number of rotatable bonds is 1. The number of aromatic nitrogens is 2. The molecule has 2 aromatic carbocycles. The fraction of sp³-hybridized carbons (Fsp3) is 0. The Hall–Kier alpha value is -1.72. The lowest BCUT2D eigenvalue weighted by atomic mass is 10.2. The first kappa shape index (κ1) is 12.3. The minimum absolute atomic E-state index is 0.252. The molecule has 1 aromatic heterocycles. The molecule has 3 rings (SSSR count). The molecule has 0 spiro atoms. The summed E-state index contributed by atoms with van der Waals surface area (Å²) in [7, 11) is 0. The first-order chi connectivity index (χ1) is 9.06. The maximum atomic E-state index is 13.7. The fourth-order valence-electron chi connectivity index (χ4n) is 2.02. The van der Waals surface area contributed by atoms with Crippen LogP contribution < -0.4 is 0 Å². The van der Waals surface area contributed by atoms with Gasteiger partial charge in [-0.05, 0) is 42.5 Å². The quantitative estimate of drug-likeness (QED) is 0.650. The van der Waals surface area contributed by atoms with Crippen LogP contribution >= 0.6 is 23.8 Å². The van der Waals surface area contributed by atoms with E-state index >= 15 is 0 Å². The normalized spacial score (nSPS) is 11.1. The Morgan fingerprint density at radius 1 is 1.16 bits per heavy atom. The monoisotopic (exact) mass is 296 g/mol. The number of nitrogens with zero attached hydrogens (tertiary/aromatic N) is 1. The molecule has 0 atom stereocenters. The second-order valence-corrected chi connectivity index (χ2v) is 4.85. The van der Waals surface area contributed by atoms with Crippen LogP contribution in [0.2, 0.25) is 5.02 Å². The van der Waals surface area contributed by atoms with Crippen LogP contribution in [0.5, 0.6) is 0 Å². The molecule has 0 saturated heterocycles. The van der Waals surface area contributed by atoms with Gasteiger partial charge >= 0.3 is 0 Å². The topological polar surface area (TPSA) is 20.7 Å². The van der Waals surface area contributed by atoms with Crippen molar-refractivity contribution in [1.29, 1.82) is 0 Å². The van der Waals surface area contributed by atoms with Gasteiger partial charge in [0.05, 0.1) is 11.2 Å². The zero-order valence-electron chi connectivity index (χ0n) is 9.45. The van der Waals surface area contributed by atoms with E-state index in [2.05, 4.69) is 4.98 Å². The summed E-state index contributed by atoms with van der Waals surface area (Å²) < 4.78 is 28.9. The van der Waals surface area contributed by atoms with Gasteiger partial charge in [-0.2, -0.15) is 0 Å². The third-order valence-corrected chi connectivity index (χ3v) is 3.28. The van der Waals surface area contributed by atoms with Crippen molar-refractivity contribution in [3.8, 4) is 5.69 Å². The van der Waals surface area contributed by atoms with Gasteiger partial charge in [0.25, 0.3) is 0 Å². The van der Waals surface area contributed by atoms with E-state index in [1.165, 1.54) is 18.2 Å². The summed E-state index contributed by atoms with van der Waals surface area (Å²) in [5.41, 5.74) is 1.27. The van der Waals surface area contributed by atoms with Gasteiger partial charge in [-0.25, -0.2) is 8.78 Å². The summed E-state index contributed by atoms with van der Waals surface area (Å²) in [4.78, 5) is 2.77. The van der Waals surface area contributed by atoms with Crippen molar-refractivity contribution in [2.75, 3.05) is 0 Å². The van der Waals surface area contributed by atoms with Gasteiger partial charge in [0.1, 0.15) is 17.2 Å². The predicted molar refractivity (Wildman–Crippen MR) is 73.4 cm³/mol. The molecule has 1 N–H and O–H groups in total. The molecule has 0 bridgehead atoms. The third-order valence-electron chi connectivity index (χ3n) is 2.77. The average molecular weight is 297 g/mol. The molecule has 0 radical (unpaired) electrons. The van der Waals surface area contributed by atoms with Crippen molar-refractivity contribution >= 4 is 34.9 Å². The predicted octanol–water partition coefficient (Wildman–Crippen LogP) is 4.62. The maximum absolute atomic E-state index is 13.7. The number of imidazole rings is 1. The van der Waals surface area contributed by atoms with E-state index in [4.69, 9.17) is 23.8 Å². The number of fused-ring (bicyclic) bond motifs is 1. The number of nitrogens with one attached hydrogen (secondary N) is 1. The second kappa shape index (κ2) is 4.43. The smallest absolute Gasteiger partial charge is 0.182 e. The lowest BCUT2D eigenvalue weighted by Gasteiger charge is -2.05. The summed E-state index contributed by atoms with van der Waals surface area (Å²) in [5, 5.41) is 0.252. The number of hydrogen-bond acceptors (Lipinski definition) is 1. The molecule has 3 aromatic rings. The molecule has 19 heavy (non-hydrogen) atoms. The van der Waals surface area contributed by atoms with Gasteiger partial charge in [0.15, 0.2) is 4.77 Å². The largest absolute Gasteiger partial charge is 0.328 e. The first-order valence-electron chi connectivity index (χ1n) is 5.42. The van der Waals surface area contributed by atoms with Crippen molar-refractivity contribution in [2.24, 2.45) is 0 Å². The summed E-state index contributed by atoms with van der Waals surface area (Å²) in [6.07, 6.45) is 0. The Kier molecular flexibility index (Phi) is 2.88. The second-order valence-electron chi connectivity index (χ2n) is 4.03. The molecule has 1 heterocycles. The molecule has 6 heteroatoms. The van der Waals surface area contributed by atoms with Gasteiger partial charge in [0, 0.05) is 5.02 Å². The molecule has 0 aliphatic rings. The number of benzene rings is 2. The number of para-hydroxylation sites is 1. The molecule has 0 aliphatic heterocycles. The van der Waals surface area contributed by atoms with E-state index in [0.29, 0.717) is 11.2 Å². The lowest BCUT2D eigenvalue weighted by Crippen LogP contribution is -1.95. The fourth-order valence-corrected chi connectivity index (χ4v) is 2.54. The lowest BCUT2D eigenvalue weighted by molar-refractivity contribution is 0.627. The van der Waals surface area contributed by atoms with E-state index < -0.39 is 11.6 Å². The Morgan fingerprint density at radius 2 is 1.95 bits per heavy atom. The van der Waals surface area contributed by atoms with E-state index in [1.807, 2.05) is 0 Å². The zero-order chi connectivity index (χ0) is 13.6. The van der Waals surface area contributed by atoms with Crippen molar-refractivity contribution in [2.45, 2.75) is 0 Å². The highest BCUT2D eigenvalue weighted by atomic mass is 35.5. The van der Waals surface area contributed by atoms with Crippen LogP contribution in [0.25, 0.3) is 16.7 Å². The highest BCUT2D eigenvalue weighted by Crippen LogP contribution is 2.24. The molecule has 2 nitrogen and oxygen atoms in total. The molecule has 0 aliphatic carbocycles. The van der Waals surface area contributed by atoms with E-state index in [0.717, 1.165) is 0 Å². The van der Waals surface area contributed by atoms with Gasteiger partial charge in [-0.1, -0.05) is 17.7 Å². The SMILES string of the molecule is Fc1cc(Cl)cc(-n2c(=S)[nH]c3c(F)cccc32)c1. The summed E-state index contributed by atoms with van der Waals surface area (Å²) >= 11 is 11.0. The van der Waals surface area contributed by atoms with Gasteiger partial charge < -0.3 is 4.98 Å². The number of halogens is 3. The molecular weight excluding hydrogens is 290 g/mol. The molecular formula is C13H7ClF2N2S. The van der Waals surface area contributed by atoms with Crippen molar-refractivity contribution in [3.63, 3.8) is 0 Å². The zero-order valence-corrected chi connectivity index (χ0v) is 11.0. The average Bonchev–Trinajstić information content (AvgIpc) is 2.65. The summed E-state index contributed by atoms with van der Waals surface area (Å²) in [5.74, 6) is -0.889. The molecule has 0 unspecified atom stereocenters. The van der Waals surface area contributed by atoms with Crippen LogP contribution in [0.15, 0.2) is 36.4 Å². The van der Waals surface area contributed by atoms with E-state index in [9.17, 15) is 8.78 Å². The first-order valence-corrected chi connectivity index (χ1v) is 6.20. The highest BCUT2D eigenvalue weighted by Gasteiger charge is 2.11. The third kappa shape index (κ3) is 2.05. The number of aromatic amines is 1. The standard InChI is InChI=1S/C13H7ClF2N2S/c14-7-4-8(15)6-9(5-7)18-11-3-1-2-10(16)12(11)17-13(18)19/h1-6H,(H,17,19). The van der Waals surface area contributed by atoms with Gasteiger partial charge in [0.2, 0.25) is 0 Å². The molecule has 0 amide bonds. The Balaban J connectivity index is 2.39. The van der Waals surface area contributed by atoms with Gasteiger partial charge in [-0.15, -0.1) is 0 Å². The van der Waals surface area contributed by atoms with Crippen LogP contribution in [0.3, 0.4) is 0 Å². The van der Waals surface area contributed by atoms with Crippen LogP contribution in [-0.4, -0.2) is 9.55 Å². The molecule has 0 saturated carbocycles. The minimum Gasteiger partial charge on any atom is -0.328 e. The maximum Gasteiger partial charge on any atom is 0.182 e. The number of H-pyrrole nitrogens is 1. The van der Waals surface area contributed by atoms with E-state index in [1.54, 1.807) is 22.8 Å². The van der Waals surface area contributed by atoms with Crippen LogP contribution in [0, 0.1) is 16.4 Å². The Bertz CT molecular complexity index is 818. The van der Waals surface area contributed by atoms with E-state index in [-0.39, 0.29) is 15.3 Å². The highest BCUT2D eigenvalue weighted by molar-refractivity contribution is 7.71. The summed E-state index contributed by atoms with van der Waals surface area (Å²) in [6.45, 7) is 0. The van der Waals surface area contributed by atoms with Crippen LogP contribution in [-0.2, 0) is 0 Å². The summed E-state index contributed by atoms with van der Waals surface area (Å²) in [6, 6.07) is 8.65. The minimum atomic E-state index is -0.477. The van der Waals surface area contributed by atoms with Crippen molar-refractivity contribution < 1.29 is 8.78 Å². The molecule has 96 valence electrons. The van der Waals surface area contributed by atoms with Crippen LogP contribution in [0.4, 0.5) is 8.78 Å². The number of hydrogen-bond donors (Lipinski definition) is 1. The molecule has 0 fully saturated rings. The Labute approximate surface area is 117 Å². The Morgan fingerprint density at radius 3 is 2.68 bits per heavy atom. The van der Waals surface area contributed by atoms with Crippen molar-refractivity contribution in [1.82, 2.24) is 9.55 Å². The van der Waals surface area contributed by atoms with Crippen molar-refractivity contribution in [3.05, 3.63) is 57.8 Å². The van der Waals surface area contributed by atoms with Gasteiger partial charge in [-0.3, -0.25) is 4.57 Å². The van der Waals surface area contributed by atoms with Crippen LogP contribution in [0.1, 0.15) is 0 Å².